The monoisotopic (exact) mass is 386 g/mol. The highest BCUT2D eigenvalue weighted by Crippen LogP contribution is 2.19. The van der Waals surface area contributed by atoms with Gasteiger partial charge in [0, 0.05) is 17.6 Å². The maximum Gasteiger partial charge on any atom is 0.242 e. The van der Waals surface area contributed by atoms with Gasteiger partial charge >= 0.3 is 0 Å². The number of aryl methyl sites for hydroxylation is 1. The highest BCUT2D eigenvalue weighted by atomic mass is 35.5. The first kappa shape index (κ1) is 21.0. The maximum absolute atomic E-state index is 13.1. The molecule has 144 valence electrons. The van der Waals surface area contributed by atoms with E-state index in [1.807, 2.05) is 63.2 Å². The molecule has 4 nitrogen and oxygen atoms in total. The molecule has 0 heterocycles. The van der Waals surface area contributed by atoms with Crippen LogP contribution in [0.25, 0.3) is 0 Å². The first-order valence-electron chi connectivity index (χ1n) is 9.17. The Bertz CT molecular complexity index is 804. The van der Waals surface area contributed by atoms with Crippen molar-refractivity contribution in [2.45, 2.75) is 52.7 Å². The quantitative estimate of drug-likeness (QED) is 0.777. The van der Waals surface area contributed by atoms with Crippen molar-refractivity contribution in [3.63, 3.8) is 0 Å². The Morgan fingerprint density at radius 1 is 1.00 bits per heavy atom. The summed E-state index contributed by atoms with van der Waals surface area (Å²) in [6, 6.07) is 14.6. The van der Waals surface area contributed by atoms with Gasteiger partial charge in [0.15, 0.2) is 0 Å². The topological polar surface area (TPSA) is 49.4 Å². The summed E-state index contributed by atoms with van der Waals surface area (Å²) in [7, 11) is 0. The first-order chi connectivity index (χ1) is 12.8. The van der Waals surface area contributed by atoms with Crippen LogP contribution in [0.1, 0.15) is 37.5 Å². The third-order valence-electron chi connectivity index (χ3n) is 4.50. The molecule has 2 aromatic rings. The smallest absolute Gasteiger partial charge is 0.242 e. The van der Waals surface area contributed by atoms with Crippen LogP contribution in [0.3, 0.4) is 0 Å². The van der Waals surface area contributed by atoms with Gasteiger partial charge in [0.25, 0.3) is 0 Å². The number of hydrogen-bond acceptors (Lipinski definition) is 2. The van der Waals surface area contributed by atoms with E-state index in [-0.39, 0.29) is 24.3 Å². The molecule has 0 saturated carbocycles. The highest BCUT2D eigenvalue weighted by Gasteiger charge is 2.27. The largest absolute Gasteiger partial charge is 0.352 e. The zero-order chi connectivity index (χ0) is 20.0. The second kappa shape index (κ2) is 9.56. The molecule has 2 rings (SSSR count). The van der Waals surface area contributed by atoms with Gasteiger partial charge in [-0.15, -0.1) is 0 Å². The van der Waals surface area contributed by atoms with Crippen molar-refractivity contribution in [1.29, 1.82) is 0 Å². The summed E-state index contributed by atoms with van der Waals surface area (Å²) in [4.78, 5) is 27.3. The van der Waals surface area contributed by atoms with Crippen molar-refractivity contribution in [3.8, 4) is 0 Å². The number of hydrogen-bond donors (Lipinski definition) is 1. The van der Waals surface area contributed by atoms with Gasteiger partial charge in [-0.25, -0.2) is 0 Å². The van der Waals surface area contributed by atoms with Crippen LogP contribution >= 0.6 is 11.6 Å². The summed E-state index contributed by atoms with van der Waals surface area (Å²) in [6.45, 7) is 7.96. The average Bonchev–Trinajstić information content (AvgIpc) is 2.61. The Morgan fingerprint density at radius 2 is 1.59 bits per heavy atom. The first-order valence-corrected chi connectivity index (χ1v) is 9.55. The van der Waals surface area contributed by atoms with E-state index in [0.29, 0.717) is 11.6 Å². The summed E-state index contributed by atoms with van der Waals surface area (Å²) in [5.74, 6) is -0.288. The predicted molar refractivity (Wildman–Crippen MR) is 110 cm³/mol. The Labute approximate surface area is 166 Å². The van der Waals surface area contributed by atoms with Crippen molar-refractivity contribution in [2.24, 2.45) is 0 Å². The summed E-state index contributed by atoms with van der Waals surface area (Å²) in [6.07, 6.45) is 0.158. The molecular formula is C22H27ClN2O2. The fourth-order valence-corrected chi connectivity index (χ4v) is 3.07. The van der Waals surface area contributed by atoms with Crippen LogP contribution in [0, 0.1) is 6.92 Å². The van der Waals surface area contributed by atoms with Crippen molar-refractivity contribution < 1.29 is 9.59 Å². The predicted octanol–water partition coefficient (Wildman–Crippen LogP) is 4.13. The Morgan fingerprint density at radius 3 is 2.19 bits per heavy atom. The van der Waals surface area contributed by atoms with Gasteiger partial charge in [-0.05, 0) is 50.5 Å². The highest BCUT2D eigenvalue weighted by molar-refractivity contribution is 6.31. The fourth-order valence-electron chi connectivity index (χ4n) is 2.86. The number of rotatable bonds is 7. The molecule has 0 spiro atoms. The number of carbonyl (C=O) groups excluding carboxylic acids is 2. The van der Waals surface area contributed by atoms with Crippen molar-refractivity contribution in [1.82, 2.24) is 10.2 Å². The minimum absolute atomic E-state index is 0.0129. The van der Waals surface area contributed by atoms with E-state index in [9.17, 15) is 9.59 Å². The van der Waals surface area contributed by atoms with Gasteiger partial charge in [-0.1, -0.05) is 54.1 Å². The van der Waals surface area contributed by atoms with E-state index in [1.54, 1.807) is 17.9 Å². The molecule has 27 heavy (non-hydrogen) atoms. The lowest BCUT2D eigenvalue weighted by atomic mass is 10.1. The molecule has 2 amide bonds. The molecule has 0 fully saturated rings. The minimum atomic E-state index is -0.581. The lowest BCUT2D eigenvalue weighted by molar-refractivity contribution is -0.140. The maximum atomic E-state index is 13.1. The van der Waals surface area contributed by atoms with Crippen LogP contribution in [-0.2, 0) is 22.6 Å². The number of benzene rings is 2. The lowest BCUT2D eigenvalue weighted by Gasteiger charge is -2.30. The van der Waals surface area contributed by atoms with E-state index in [1.165, 1.54) is 0 Å². The van der Waals surface area contributed by atoms with E-state index >= 15 is 0 Å². The van der Waals surface area contributed by atoms with Crippen LogP contribution in [0.4, 0.5) is 0 Å². The number of nitrogens with one attached hydrogen (secondary N) is 1. The molecule has 0 aliphatic rings. The lowest BCUT2D eigenvalue weighted by Crippen LogP contribution is -2.49. The standard InChI is InChI=1S/C22H27ClN2O2/c1-15(2)24-22(27)17(4)25(14-19-11-6-5-9-16(19)3)21(26)13-18-10-7-8-12-20(18)23/h5-12,15,17H,13-14H2,1-4H3,(H,24,27)/t17-/m1/s1. The third-order valence-corrected chi connectivity index (χ3v) is 4.87. The zero-order valence-electron chi connectivity index (χ0n) is 16.3. The van der Waals surface area contributed by atoms with Gasteiger partial charge in [0.2, 0.25) is 11.8 Å². The van der Waals surface area contributed by atoms with Gasteiger partial charge in [0.05, 0.1) is 6.42 Å². The van der Waals surface area contributed by atoms with Crippen molar-refractivity contribution in [3.05, 3.63) is 70.2 Å². The van der Waals surface area contributed by atoms with Gasteiger partial charge in [-0.3, -0.25) is 9.59 Å². The van der Waals surface area contributed by atoms with Crippen LogP contribution < -0.4 is 5.32 Å². The summed E-state index contributed by atoms with van der Waals surface area (Å²) < 4.78 is 0. The van der Waals surface area contributed by atoms with Crippen molar-refractivity contribution >= 4 is 23.4 Å². The molecule has 1 N–H and O–H groups in total. The van der Waals surface area contributed by atoms with Gasteiger partial charge in [-0.2, -0.15) is 0 Å². The molecule has 0 aromatic heterocycles. The zero-order valence-corrected chi connectivity index (χ0v) is 17.1. The summed E-state index contributed by atoms with van der Waals surface area (Å²) >= 11 is 6.22. The fraction of sp³-hybridized carbons (Fsp3) is 0.364. The average molecular weight is 387 g/mol. The summed E-state index contributed by atoms with van der Waals surface area (Å²) in [5, 5.41) is 3.45. The van der Waals surface area contributed by atoms with E-state index < -0.39 is 6.04 Å². The normalized spacial score (nSPS) is 11.9. The summed E-state index contributed by atoms with van der Waals surface area (Å²) in [5.41, 5.74) is 2.87. The van der Waals surface area contributed by atoms with E-state index in [4.69, 9.17) is 11.6 Å². The molecular weight excluding hydrogens is 360 g/mol. The van der Waals surface area contributed by atoms with E-state index in [0.717, 1.165) is 16.7 Å². The van der Waals surface area contributed by atoms with E-state index in [2.05, 4.69) is 5.32 Å². The SMILES string of the molecule is Cc1ccccc1CN(C(=O)Cc1ccccc1Cl)[C@H](C)C(=O)NC(C)C. The van der Waals surface area contributed by atoms with Crippen molar-refractivity contribution in [2.75, 3.05) is 0 Å². The van der Waals surface area contributed by atoms with Crippen LogP contribution in [-0.4, -0.2) is 28.8 Å². The number of halogens is 1. The van der Waals surface area contributed by atoms with Gasteiger partial charge in [0.1, 0.15) is 6.04 Å². The van der Waals surface area contributed by atoms with Gasteiger partial charge < -0.3 is 10.2 Å². The third kappa shape index (κ3) is 5.83. The van der Waals surface area contributed by atoms with Crippen LogP contribution in [0.2, 0.25) is 5.02 Å². The molecule has 1 atom stereocenters. The molecule has 5 heteroatoms. The minimum Gasteiger partial charge on any atom is -0.352 e. The second-order valence-electron chi connectivity index (χ2n) is 7.06. The second-order valence-corrected chi connectivity index (χ2v) is 7.46. The molecule has 0 saturated heterocycles. The molecule has 0 unspecified atom stereocenters. The van der Waals surface area contributed by atoms with Crippen LogP contribution in [0.5, 0.6) is 0 Å². The Kier molecular flexibility index (Phi) is 7.43. The molecule has 0 radical (unpaired) electrons. The molecule has 2 aromatic carbocycles. The van der Waals surface area contributed by atoms with Crippen LogP contribution in [0.15, 0.2) is 48.5 Å². The Hall–Kier alpha value is -2.33. The molecule has 0 aliphatic heterocycles. The molecule has 0 bridgehead atoms. The number of amides is 2. The molecule has 0 aliphatic carbocycles. The Balaban J connectivity index is 2.27. The number of carbonyl (C=O) groups is 2. The number of nitrogens with zero attached hydrogens (tertiary/aromatic N) is 1.